The van der Waals surface area contributed by atoms with E-state index in [0.717, 1.165) is 51.4 Å². The van der Waals surface area contributed by atoms with Gasteiger partial charge in [0, 0.05) is 12.5 Å². The van der Waals surface area contributed by atoms with Gasteiger partial charge >= 0.3 is 5.97 Å². The van der Waals surface area contributed by atoms with Crippen molar-refractivity contribution in [2.24, 2.45) is 52.1 Å². The van der Waals surface area contributed by atoms with Crippen LogP contribution in [0, 0.1) is 46.3 Å². The average molecular weight is 422 g/mol. The van der Waals surface area contributed by atoms with E-state index in [9.17, 15) is 15.0 Å². The van der Waals surface area contributed by atoms with Crippen LogP contribution in [0.4, 0.5) is 0 Å². The van der Waals surface area contributed by atoms with Crippen molar-refractivity contribution in [2.75, 3.05) is 7.11 Å². The summed E-state index contributed by atoms with van der Waals surface area (Å²) in [6.45, 7) is 6.94. The molecule has 4 saturated carbocycles. The Morgan fingerprint density at radius 2 is 1.87 bits per heavy atom. The monoisotopic (exact) mass is 421 g/mol. The predicted octanol–water partition coefficient (Wildman–Crippen LogP) is 3.50. The van der Waals surface area contributed by atoms with Crippen molar-refractivity contribution in [3.05, 3.63) is 0 Å². The number of rotatable bonds is 4. The summed E-state index contributed by atoms with van der Waals surface area (Å²) in [5.41, 5.74) is 6.31. The molecule has 4 N–H and O–H groups in total. The van der Waals surface area contributed by atoms with Crippen LogP contribution in [0.3, 0.4) is 0 Å². The van der Waals surface area contributed by atoms with E-state index < -0.39 is 0 Å². The van der Waals surface area contributed by atoms with E-state index in [-0.39, 0.29) is 41.0 Å². The van der Waals surface area contributed by atoms with Crippen LogP contribution in [-0.2, 0) is 9.53 Å². The number of carbonyl (C=O) groups is 1. The zero-order chi connectivity index (χ0) is 21.8. The highest BCUT2D eigenvalue weighted by Crippen LogP contribution is 2.68. The second kappa shape index (κ2) is 8.04. The van der Waals surface area contributed by atoms with Crippen LogP contribution in [0.1, 0.15) is 78.6 Å². The maximum absolute atomic E-state index is 11.7. The van der Waals surface area contributed by atoms with E-state index in [4.69, 9.17) is 10.5 Å². The van der Waals surface area contributed by atoms with E-state index in [1.807, 2.05) is 0 Å². The van der Waals surface area contributed by atoms with Gasteiger partial charge < -0.3 is 20.7 Å². The molecule has 0 aromatic heterocycles. The number of hydrogen-bond acceptors (Lipinski definition) is 5. The Kier molecular flexibility index (Phi) is 6.04. The highest BCUT2D eigenvalue weighted by atomic mass is 16.5. The van der Waals surface area contributed by atoms with Crippen molar-refractivity contribution in [1.82, 2.24) is 0 Å². The molecule has 0 aromatic rings. The number of aliphatic hydroxyl groups excluding tert-OH is 2. The van der Waals surface area contributed by atoms with Gasteiger partial charge in [-0.2, -0.15) is 0 Å². The first-order chi connectivity index (χ1) is 14.1. The van der Waals surface area contributed by atoms with Gasteiger partial charge in [0.15, 0.2) is 0 Å². The lowest BCUT2D eigenvalue weighted by molar-refractivity contribution is -0.202. The summed E-state index contributed by atoms with van der Waals surface area (Å²) in [5, 5.41) is 22.9. The third-order valence-electron chi connectivity index (χ3n) is 10.6. The minimum Gasteiger partial charge on any atom is -0.469 e. The van der Waals surface area contributed by atoms with E-state index in [2.05, 4.69) is 20.8 Å². The van der Waals surface area contributed by atoms with Gasteiger partial charge in [0.2, 0.25) is 0 Å². The Hall–Kier alpha value is -0.650. The fraction of sp³-hybridized carbons (Fsp3) is 0.960. The van der Waals surface area contributed by atoms with Crippen molar-refractivity contribution in [1.29, 1.82) is 0 Å². The lowest BCUT2D eigenvalue weighted by Crippen LogP contribution is -2.62. The van der Waals surface area contributed by atoms with E-state index in [0.29, 0.717) is 36.0 Å². The molecule has 0 amide bonds. The molecule has 172 valence electrons. The van der Waals surface area contributed by atoms with Crippen LogP contribution < -0.4 is 5.73 Å². The number of aliphatic hydroxyl groups is 2. The van der Waals surface area contributed by atoms with Gasteiger partial charge in [0.05, 0.1) is 19.3 Å². The zero-order valence-corrected chi connectivity index (χ0v) is 19.3. The van der Waals surface area contributed by atoms with E-state index in [1.54, 1.807) is 0 Å². The summed E-state index contributed by atoms with van der Waals surface area (Å²) in [4.78, 5) is 11.7. The number of methoxy groups -OCH3 is 1. The smallest absolute Gasteiger partial charge is 0.305 e. The molecule has 0 aromatic carbocycles. The van der Waals surface area contributed by atoms with Gasteiger partial charge in [-0.25, -0.2) is 0 Å². The molecule has 4 rings (SSSR count). The molecule has 0 spiro atoms. The van der Waals surface area contributed by atoms with Crippen LogP contribution in [-0.4, -0.2) is 41.5 Å². The first kappa shape index (κ1) is 22.5. The summed E-state index contributed by atoms with van der Waals surface area (Å²) < 4.78 is 4.84. The molecule has 30 heavy (non-hydrogen) atoms. The third kappa shape index (κ3) is 3.34. The minimum atomic E-state index is -0.338. The molecular formula is C25H43NO4. The van der Waals surface area contributed by atoms with Gasteiger partial charge in [-0.05, 0) is 97.7 Å². The molecule has 0 saturated heterocycles. The normalized spacial score (nSPS) is 51.4. The zero-order valence-electron chi connectivity index (χ0n) is 19.3. The summed E-state index contributed by atoms with van der Waals surface area (Å²) in [6, 6.07) is 0.261. The number of hydrogen-bond donors (Lipinski definition) is 3. The van der Waals surface area contributed by atoms with Crippen LogP contribution in [0.2, 0.25) is 0 Å². The second-order valence-electron chi connectivity index (χ2n) is 11.7. The standard InChI is InChI=1S/C25H43NO4/c1-14(5-8-22(29)30-4)17-6-7-18-23-19(13-21(28)25(17,18)3)24(2)10-9-16(26)11-15(24)12-20(23)27/h14-21,23,27-28H,5-13,26H2,1-4H3/t14?,15-,16-,17+,18?,19?,20+,21-,23?,24-,25+/m0/s1. The summed E-state index contributed by atoms with van der Waals surface area (Å²) >= 11 is 0. The quantitative estimate of drug-likeness (QED) is 0.604. The molecule has 0 radical (unpaired) electrons. The maximum Gasteiger partial charge on any atom is 0.305 e. The Labute approximate surface area is 182 Å². The van der Waals surface area contributed by atoms with Crippen molar-refractivity contribution in [3.63, 3.8) is 0 Å². The summed E-state index contributed by atoms with van der Waals surface area (Å²) in [6.07, 6.45) is 7.69. The van der Waals surface area contributed by atoms with Crippen LogP contribution in [0.25, 0.3) is 0 Å². The second-order valence-corrected chi connectivity index (χ2v) is 11.7. The Morgan fingerprint density at radius 3 is 2.57 bits per heavy atom. The van der Waals surface area contributed by atoms with Gasteiger partial charge in [-0.1, -0.05) is 20.8 Å². The number of nitrogens with two attached hydrogens (primary N) is 1. The van der Waals surface area contributed by atoms with Crippen molar-refractivity contribution < 1.29 is 19.7 Å². The Morgan fingerprint density at radius 1 is 1.13 bits per heavy atom. The summed E-state index contributed by atoms with van der Waals surface area (Å²) in [5.74, 6) is 2.11. The summed E-state index contributed by atoms with van der Waals surface area (Å²) in [7, 11) is 1.45. The predicted molar refractivity (Wildman–Crippen MR) is 116 cm³/mol. The first-order valence-corrected chi connectivity index (χ1v) is 12.3. The third-order valence-corrected chi connectivity index (χ3v) is 10.6. The fourth-order valence-corrected chi connectivity index (χ4v) is 8.84. The molecule has 4 fully saturated rings. The van der Waals surface area contributed by atoms with Crippen molar-refractivity contribution in [3.8, 4) is 0 Å². The average Bonchev–Trinajstić information content (AvgIpc) is 3.06. The molecule has 11 atom stereocenters. The highest BCUT2D eigenvalue weighted by Gasteiger charge is 2.65. The van der Waals surface area contributed by atoms with Gasteiger partial charge in [0.25, 0.3) is 0 Å². The lowest BCUT2D eigenvalue weighted by Gasteiger charge is -2.63. The SMILES string of the molecule is COC(=O)CCC(C)[C@H]1CCC2C3C(C[C@H](O)[C@@]21C)[C@@]1(C)CC[C@H](N)C[C@H]1C[C@H]3O. The van der Waals surface area contributed by atoms with Crippen molar-refractivity contribution >= 4 is 5.97 Å². The van der Waals surface area contributed by atoms with Crippen LogP contribution >= 0.6 is 0 Å². The molecule has 4 aliphatic rings. The van der Waals surface area contributed by atoms with Gasteiger partial charge in [-0.15, -0.1) is 0 Å². The topological polar surface area (TPSA) is 92.8 Å². The molecule has 5 heteroatoms. The molecule has 4 aliphatic carbocycles. The lowest BCUT2D eigenvalue weighted by atomic mass is 9.43. The Bertz CT molecular complexity index is 655. The number of ether oxygens (including phenoxy) is 1. The maximum atomic E-state index is 11.7. The van der Waals surface area contributed by atoms with Gasteiger partial charge in [-0.3, -0.25) is 4.79 Å². The molecule has 0 heterocycles. The van der Waals surface area contributed by atoms with E-state index >= 15 is 0 Å². The molecular weight excluding hydrogens is 378 g/mol. The highest BCUT2D eigenvalue weighted by molar-refractivity contribution is 5.69. The van der Waals surface area contributed by atoms with Crippen LogP contribution in [0.15, 0.2) is 0 Å². The Balaban J connectivity index is 1.58. The number of carbonyl (C=O) groups excluding carboxylic acids is 1. The fourth-order valence-electron chi connectivity index (χ4n) is 8.84. The van der Waals surface area contributed by atoms with Gasteiger partial charge in [0.1, 0.15) is 0 Å². The number of fused-ring (bicyclic) bond motifs is 5. The van der Waals surface area contributed by atoms with Crippen LogP contribution in [0.5, 0.6) is 0 Å². The molecule has 0 aliphatic heterocycles. The molecule has 5 nitrogen and oxygen atoms in total. The largest absolute Gasteiger partial charge is 0.469 e. The minimum absolute atomic E-state index is 0.150. The molecule has 0 bridgehead atoms. The van der Waals surface area contributed by atoms with E-state index in [1.165, 1.54) is 7.11 Å². The van der Waals surface area contributed by atoms with Crippen molar-refractivity contribution in [2.45, 2.75) is 96.8 Å². The first-order valence-electron chi connectivity index (χ1n) is 12.3. The number of esters is 1. The molecule has 4 unspecified atom stereocenters.